The number of nitrogens with two attached hydrogens (primary N) is 1. The zero-order valence-electron chi connectivity index (χ0n) is 12.6. The quantitative estimate of drug-likeness (QED) is 0.822. The van der Waals surface area contributed by atoms with Crippen molar-refractivity contribution in [2.45, 2.75) is 24.0 Å². The van der Waals surface area contributed by atoms with Crippen molar-refractivity contribution in [1.82, 2.24) is 0 Å². The Balaban J connectivity index is 2.26. The lowest BCUT2D eigenvalue weighted by molar-refractivity contribution is 0.176. The van der Waals surface area contributed by atoms with Crippen molar-refractivity contribution >= 4 is 11.8 Å². The Kier molecular flexibility index (Phi) is 5.53. The molecule has 2 unspecified atom stereocenters. The minimum atomic E-state index is -0.191. The molecule has 112 valence electrons. The number of hydrogen-bond donors (Lipinski definition) is 1. The van der Waals surface area contributed by atoms with Crippen molar-refractivity contribution in [1.29, 1.82) is 0 Å². The number of ether oxygens (including phenoxy) is 2. The van der Waals surface area contributed by atoms with Crippen LogP contribution in [0.1, 0.15) is 18.6 Å². The highest BCUT2D eigenvalue weighted by atomic mass is 32.2. The van der Waals surface area contributed by atoms with Crippen LogP contribution in [0.3, 0.4) is 0 Å². The number of rotatable bonds is 6. The lowest BCUT2D eigenvalue weighted by Gasteiger charge is -2.24. The maximum absolute atomic E-state index is 6.17. The van der Waals surface area contributed by atoms with Gasteiger partial charge in [0.1, 0.15) is 17.6 Å². The molecule has 0 aromatic heterocycles. The number of benzene rings is 2. The molecule has 0 aliphatic heterocycles. The Morgan fingerprint density at radius 2 is 1.71 bits per heavy atom. The molecule has 0 bridgehead atoms. The topological polar surface area (TPSA) is 44.5 Å². The van der Waals surface area contributed by atoms with Crippen LogP contribution in [0.5, 0.6) is 11.5 Å². The summed E-state index contributed by atoms with van der Waals surface area (Å²) in [5, 5.41) is 0. The molecule has 0 radical (unpaired) electrons. The average molecular weight is 303 g/mol. The largest absolute Gasteiger partial charge is 0.497 e. The Bertz CT molecular complexity index is 569. The van der Waals surface area contributed by atoms with Crippen molar-refractivity contribution in [3.8, 4) is 11.5 Å². The van der Waals surface area contributed by atoms with Gasteiger partial charge in [-0.3, -0.25) is 0 Å². The molecule has 2 rings (SSSR count). The summed E-state index contributed by atoms with van der Waals surface area (Å²) in [6.45, 7) is 1.95. The minimum Gasteiger partial charge on any atom is -0.497 e. The molecule has 21 heavy (non-hydrogen) atoms. The molecular weight excluding hydrogens is 282 g/mol. The summed E-state index contributed by atoms with van der Waals surface area (Å²) < 4.78 is 11.4. The average Bonchev–Trinajstić information content (AvgIpc) is 2.53. The van der Waals surface area contributed by atoms with Gasteiger partial charge in [0, 0.05) is 10.9 Å². The van der Waals surface area contributed by atoms with E-state index in [1.165, 1.54) is 0 Å². The van der Waals surface area contributed by atoms with Crippen LogP contribution in [0.25, 0.3) is 0 Å². The van der Waals surface area contributed by atoms with Crippen LogP contribution in [0.2, 0.25) is 0 Å². The van der Waals surface area contributed by atoms with Gasteiger partial charge in [-0.15, -0.1) is 11.8 Å². The van der Waals surface area contributed by atoms with Crippen molar-refractivity contribution in [2.75, 3.05) is 13.4 Å². The third-order valence-electron chi connectivity index (χ3n) is 3.24. The highest BCUT2D eigenvalue weighted by Crippen LogP contribution is 2.32. The van der Waals surface area contributed by atoms with Crippen LogP contribution in [-0.2, 0) is 0 Å². The summed E-state index contributed by atoms with van der Waals surface area (Å²) in [5.74, 6) is 1.69. The third-order valence-corrected chi connectivity index (χ3v) is 4.02. The first-order chi connectivity index (χ1) is 10.2. The zero-order chi connectivity index (χ0) is 15.2. The Labute approximate surface area is 130 Å². The van der Waals surface area contributed by atoms with Crippen LogP contribution in [-0.4, -0.2) is 19.4 Å². The Morgan fingerprint density at radius 3 is 2.29 bits per heavy atom. The highest BCUT2D eigenvalue weighted by Gasteiger charge is 2.19. The van der Waals surface area contributed by atoms with Gasteiger partial charge in [-0.25, -0.2) is 0 Å². The maximum atomic E-state index is 6.17. The molecule has 0 heterocycles. The molecule has 2 aromatic carbocycles. The first kappa shape index (κ1) is 15.7. The van der Waals surface area contributed by atoms with Crippen LogP contribution in [0.4, 0.5) is 0 Å². The molecule has 0 aliphatic rings. The summed E-state index contributed by atoms with van der Waals surface area (Å²) in [5.41, 5.74) is 7.16. The first-order valence-electron chi connectivity index (χ1n) is 6.85. The molecule has 0 amide bonds. The van der Waals surface area contributed by atoms with Gasteiger partial charge in [-0.1, -0.05) is 24.3 Å². The molecule has 2 aromatic rings. The first-order valence-corrected chi connectivity index (χ1v) is 8.07. The molecule has 2 atom stereocenters. The normalized spacial score (nSPS) is 13.5. The standard InChI is InChI=1S/C17H21NO2S/c1-12(18)17(13-8-10-14(19-2)11-9-13)20-15-6-4-5-7-16(15)21-3/h4-12,17H,18H2,1-3H3. The van der Waals surface area contributed by atoms with E-state index in [2.05, 4.69) is 0 Å². The van der Waals surface area contributed by atoms with Gasteiger partial charge in [0.05, 0.1) is 7.11 Å². The Hall–Kier alpha value is -1.65. The van der Waals surface area contributed by atoms with Gasteiger partial charge >= 0.3 is 0 Å². The number of hydrogen-bond acceptors (Lipinski definition) is 4. The van der Waals surface area contributed by atoms with Gasteiger partial charge in [-0.05, 0) is 43.0 Å². The predicted octanol–water partition coefficient (Wildman–Crippen LogP) is 3.88. The minimum absolute atomic E-state index is 0.117. The van der Waals surface area contributed by atoms with Gasteiger partial charge in [0.25, 0.3) is 0 Å². The van der Waals surface area contributed by atoms with Crippen LogP contribution >= 0.6 is 11.8 Å². The second-order valence-electron chi connectivity index (χ2n) is 4.82. The number of para-hydroxylation sites is 1. The van der Waals surface area contributed by atoms with E-state index < -0.39 is 0 Å². The highest BCUT2D eigenvalue weighted by molar-refractivity contribution is 7.98. The van der Waals surface area contributed by atoms with Gasteiger partial charge in [0.15, 0.2) is 0 Å². The molecular formula is C17H21NO2S. The van der Waals surface area contributed by atoms with Gasteiger partial charge in [0.2, 0.25) is 0 Å². The fourth-order valence-electron chi connectivity index (χ4n) is 2.13. The Morgan fingerprint density at radius 1 is 1.05 bits per heavy atom. The van der Waals surface area contributed by atoms with Gasteiger partial charge < -0.3 is 15.2 Å². The van der Waals surface area contributed by atoms with Crippen molar-refractivity contribution in [3.05, 3.63) is 54.1 Å². The lowest BCUT2D eigenvalue weighted by Crippen LogP contribution is -2.29. The lowest BCUT2D eigenvalue weighted by atomic mass is 10.0. The third kappa shape index (κ3) is 3.93. The monoisotopic (exact) mass is 303 g/mol. The van der Waals surface area contributed by atoms with E-state index in [1.807, 2.05) is 61.7 Å². The molecule has 0 spiro atoms. The fourth-order valence-corrected chi connectivity index (χ4v) is 2.66. The van der Waals surface area contributed by atoms with Crippen LogP contribution < -0.4 is 15.2 Å². The van der Waals surface area contributed by atoms with E-state index in [9.17, 15) is 0 Å². The number of thioether (sulfide) groups is 1. The molecule has 0 fully saturated rings. The van der Waals surface area contributed by atoms with E-state index in [0.29, 0.717) is 0 Å². The van der Waals surface area contributed by atoms with Crippen LogP contribution in [0, 0.1) is 0 Å². The van der Waals surface area contributed by atoms with E-state index in [4.69, 9.17) is 15.2 Å². The van der Waals surface area contributed by atoms with E-state index in [0.717, 1.165) is 22.0 Å². The summed E-state index contributed by atoms with van der Waals surface area (Å²) in [6, 6.07) is 15.7. The zero-order valence-corrected chi connectivity index (χ0v) is 13.4. The molecule has 0 saturated heterocycles. The number of methoxy groups -OCH3 is 1. The summed E-state index contributed by atoms with van der Waals surface area (Å²) >= 11 is 1.66. The molecule has 3 nitrogen and oxygen atoms in total. The van der Waals surface area contributed by atoms with Crippen LogP contribution in [0.15, 0.2) is 53.4 Å². The predicted molar refractivity (Wildman–Crippen MR) is 88.2 cm³/mol. The SMILES string of the molecule is COc1ccc(C(Oc2ccccc2SC)C(C)N)cc1. The van der Waals surface area contributed by atoms with Crippen molar-refractivity contribution in [2.24, 2.45) is 5.73 Å². The van der Waals surface area contributed by atoms with E-state index in [1.54, 1.807) is 18.9 Å². The van der Waals surface area contributed by atoms with Gasteiger partial charge in [-0.2, -0.15) is 0 Å². The summed E-state index contributed by atoms with van der Waals surface area (Å²) in [4.78, 5) is 1.11. The second-order valence-corrected chi connectivity index (χ2v) is 5.67. The van der Waals surface area contributed by atoms with E-state index >= 15 is 0 Å². The smallest absolute Gasteiger partial charge is 0.139 e. The second kappa shape index (κ2) is 7.38. The summed E-state index contributed by atoms with van der Waals surface area (Å²) in [7, 11) is 1.66. The molecule has 4 heteroatoms. The molecule has 2 N–H and O–H groups in total. The van der Waals surface area contributed by atoms with Crippen molar-refractivity contribution in [3.63, 3.8) is 0 Å². The molecule has 0 saturated carbocycles. The van der Waals surface area contributed by atoms with Crippen molar-refractivity contribution < 1.29 is 9.47 Å². The summed E-state index contributed by atoms with van der Waals surface area (Å²) in [6.07, 6.45) is 1.85. The fraction of sp³-hybridized carbons (Fsp3) is 0.294. The molecule has 0 aliphatic carbocycles. The maximum Gasteiger partial charge on any atom is 0.139 e. The van der Waals surface area contributed by atoms with E-state index in [-0.39, 0.29) is 12.1 Å².